The third-order valence-corrected chi connectivity index (χ3v) is 5.92. The Morgan fingerprint density at radius 3 is 2.29 bits per heavy atom. The fourth-order valence-electron chi connectivity index (χ4n) is 4.25. The van der Waals surface area contributed by atoms with Crippen LogP contribution in [0.15, 0.2) is 60.7 Å². The zero-order chi connectivity index (χ0) is 22.1. The highest BCUT2D eigenvalue weighted by Crippen LogP contribution is 2.26. The monoisotopic (exact) mass is 422 g/mol. The van der Waals surface area contributed by atoms with Crippen molar-refractivity contribution >= 4 is 17.6 Å². The third-order valence-electron chi connectivity index (χ3n) is 5.92. The van der Waals surface area contributed by atoms with Gasteiger partial charge in [0, 0.05) is 37.7 Å². The molecule has 2 atom stereocenters. The van der Waals surface area contributed by atoms with Gasteiger partial charge >= 0.3 is 5.97 Å². The van der Waals surface area contributed by atoms with Crippen molar-refractivity contribution in [2.24, 2.45) is 0 Å². The van der Waals surface area contributed by atoms with Crippen LogP contribution >= 0.6 is 0 Å². The lowest BCUT2D eigenvalue weighted by Crippen LogP contribution is -2.41. The number of ether oxygens (including phenoxy) is 1. The lowest BCUT2D eigenvalue weighted by Gasteiger charge is -2.31. The third kappa shape index (κ3) is 6.41. The number of carbonyl (C=O) groups is 2. The Bertz CT molecular complexity index is 825. The van der Waals surface area contributed by atoms with Crippen LogP contribution < -0.4 is 4.90 Å². The number of likely N-dealkylation sites (tertiary alicyclic amines) is 1. The Balaban J connectivity index is 1.70. The number of para-hydroxylation sites is 1. The lowest BCUT2D eigenvalue weighted by atomic mass is 10.1. The van der Waals surface area contributed by atoms with Gasteiger partial charge in [-0.3, -0.25) is 14.5 Å². The summed E-state index contributed by atoms with van der Waals surface area (Å²) in [6.45, 7) is 6.23. The SMILES string of the molecule is CCC(=O)OC(CN1CCCC(N(C(=O)CC)c2ccccc2)CC1)c1ccccc1. The number of anilines is 1. The first-order valence-electron chi connectivity index (χ1n) is 11.5. The van der Waals surface area contributed by atoms with Crippen molar-refractivity contribution in [3.05, 3.63) is 66.2 Å². The quantitative estimate of drug-likeness (QED) is 0.563. The van der Waals surface area contributed by atoms with Gasteiger partial charge in [-0.25, -0.2) is 0 Å². The fourth-order valence-corrected chi connectivity index (χ4v) is 4.25. The zero-order valence-electron chi connectivity index (χ0n) is 18.7. The van der Waals surface area contributed by atoms with Crippen molar-refractivity contribution < 1.29 is 14.3 Å². The van der Waals surface area contributed by atoms with Gasteiger partial charge in [0.25, 0.3) is 0 Å². The molecule has 5 heteroatoms. The van der Waals surface area contributed by atoms with E-state index in [-0.39, 0.29) is 24.0 Å². The summed E-state index contributed by atoms with van der Waals surface area (Å²) in [6, 6.07) is 20.2. The predicted molar refractivity (Wildman–Crippen MR) is 124 cm³/mol. The largest absolute Gasteiger partial charge is 0.456 e. The molecule has 0 aromatic heterocycles. The van der Waals surface area contributed by atoms with Crippen molar-refractivity contribution in [2.75, 3.05) is 24.5 Å². The molecular formula is C26H34N2O3. The molecule has 0 aliphatic carbocycles. The zero-order valence-corrected chi connectivity index (χ0v) is 18.7. The number of rotatable bonds is 8. The molecule has 2 aromatic rings. The summed E-state index contributed by atoms with van der Waals surface area (Å²) in [5, 5.41) is 0. The van der Waals surface area contributed by atoms with E-state index in [0.717, 1.165) is 43.6 Å². The van der Waals surface area contributed by atoms with E-state index in [1.165, 1.54) is 0 Å². The topological polar surface area (TPSA) is 49.9 Å². The van der Waals surface area contributed by atoms with E-state index < -0.39 is 0 Å². The van der Waals surface area contributed by atoms with E-state index in [0.29, 0.717) is 19.4 Å². The molecule has 31 heavy (non-hydrogen) atoms. The molecule has 1 heterocycles. The minimum Gasteiger partial charge on any atom is -0.456 e. The first kappa shape index (κ1) is 23.0. The van der Waals surface area contributed by atoms with Gasteiger partial charge in [-0.15, -0.1) is 0 Å². The van der Waals surface area contributed by atoms with Crippen LogP contribution in [0, 0.1) is 0 Å². The van der Waals surface area contributed by atoms with Gasteiger partial charge in [-0.2, -0.15) is 0 Å². The molecule has 2 unspecified atom stereocenters. The lowest BCUT2D eigenvalue weighted by molar-refractivity contribution is -0.150. The van der Waals surface area contributed by atoms with E-state index in [4.69, 9.17) is 4.74 Å². The Morgan fingerprint density at radius 2 is 1.65 bits per heavy atom. The molecule has 1 fully saturated rings. The van der Waals surface area contributed by atoms with Crippen LogP contribution in [0.25, 0.3) is 0 Å². The number of benzene rings is 2. The van der Waals surface area contributed by atoms with Crippen molar-refractivity contribution in [3.63, 3.8) is 0 Å². The van der Waals surface area contributed by atoms with Crippen LogP contribution in [0.3, 0.4) is 0 Å². The van der Waals surface area contributed by atoms with E-state index >= 15 is 0 Å². The second-order valence-corrected chi connectivity index (χ2v) is 8.08. The Morgan fingerprint density at radius 1 is 0.968 bits per heavy atom. The number of hydrogen-bond acceptors (Lipinski definition) is 4. The van der Waals surface area contributed by atoms with Gasteiger partial charge in [-0.1, -0.05) is 62.4 Å². The molecule has 1 saturated heterocycles. The van der Waals surface area contributed by atoms with Crippen LogP contribution in [0.1, 0.15) is 57.6 Å². The van der Waals surface area contributed by atoms with E-state index in [1.807, 2.05) is 79.4 Å². The summed E-state index contributed by atoms with van der Waals surface area (Å²) >= 11 is 0. The summed E-state index contributed by atoms with van der Waals surface area (Å²) in [6.07, 6.45) is 3.49. The van der Waals surface area contributed by atoms with Crippen LogP contribution in [0.4, 0.5) is 5.69 Å². The van der Waals surface area contributed by atoms with Crippen LogP contribution in [0.2, 0.25) is 0 Å². The molecule has 5 nitrogen and oxygen atoms in total. The molecular weight excluding hydrogens is 388 g/mol. The van der Waals surface area contributed by atoms with E-state index in [9.17, 15) is 9.59 Å². The smallest absolute Gasteiger partial charge is 0.306 e. The molecule has 3 rings (SSSR count). The van der Waals surface area contributed by atoms with Gasteiger partial charge < -0.3 is 9.64 Å². The number of carbonyl (C=O) groups excluding carboxylic acids is 2. The molecule has 0 spiro atoms. The molecule has 2 aromatic carbocycles. The highest BCUT2D eigenvalue weighted by atomic mass is 16.5. The molecule has 166 valence electrons. The highest BCUT2D eigenvalue weighted by Gasteiger charge is 2.28. The fraction of sp³-hybridized carbons (Fsp3) is 0.462. The maximum Gasteiger partial charge on any atom is 0.306 e. The van der Waals surface area contributed by atoms with Crippen LogP contribution in [0.5, 0.6) is 0 Å². The van der Waals surface area contributed by atoms with Crippen molar-refractivity contribution in [3.8, 4) is 0 Å². The molecule has 0 radical (unpaired) electrons. The number of esters is 1. The van der Waals surface area contributed by atoms with Crippen LogP contribution in [-0.4, -0.2) is 42.5 Å². The minimum atomic E-state index is -0.271. The number of hydrogen-bond donors (Lipinski definition) is 0. The number of amides is 1. The van der Waals surface area contributed by atoms with Crippen molar-refractivity contribution in [1.29, 1.82) is 0 Å². The average Bonchev–Trinajstić information content (AvgIpc) is 3.05. The molecule has 1 aliphatic rings. The van der Waals surface area contributed by atoms with Gasteiger partial charge in [-0.05, 0) is 43.5 Å². The standard InChI is InChI=1S/C26H34N2O3/c1-3-25(29)28(22-14-9-6-10-15-22)23-16-11-18-27(19-17-23)20-24(31-26(30)4-2)21-12-7-5-8-13-21/h5-10,12-15,23-24H,3-4,11,16-20H2,1-2H3. The average molecular weight is 423 g/mol. The molecule has 0 saturated carbocycles. The van der Waals surface area contributed by atoms with Crippen molar-refractivity contribution in [2.45, 2.75) is 58.1 Å². The Hall–Kier alpha value is -2.66. The summed E-state index contributed by atoms with van der Waals surface area (Å²) in [5.41, 5.74) is 2.00. The summed E-state index contributed by atoms with van der Waals surface area (Å²) in [4.78, 5) is 29.2. The number of nitrogens with zero attached hydrogens (tertiary/aromatic N) is 2. The second-order valence-electron chi connectivity index (χ2n) is 8.08. The van der Waals surface area contributed by atoms with Gasteiger partial charge in [0.1, 0.15) is 6.10 Å². The van der Waals surface area contributed by atoms with E-state index in [2.05, 4.69) is 4.90 Å². The summed E-state index contributed by atoms with van der Waals surface area (Å²) in [5.74, 6) is -0.00552. The minimum absolute atomic E-state index is 0.170. The molecule has 0 N–H and O–H groups in total. The molecule has 0 bridgehead atoms. The highest BCUT2D eigenvalue weighted by molar-refractivity contribution is 5.93. The first-order valence-corrected chi connectivity index (χ1v) is 11.5. The second kappa shape index (κ2) is 11.7. The Kier molecular flexibility index (Phi) is 8.65. The molecule has 1 amide bonds. The van der Waals surface area contributed by atoms with Gasteiger partial charge in [0.2, 0.25) is 5.91 Å². The van der Waals surface area contributed by atoms with E-state index in [1.54, 1.807) is 0 Å². The molecule has 1 aliphatic heterocycles. The maximum absolute atomic E-state index is 12.8. The van der Waals surface area contributed by atoms with Gasteiger partial charge in [0.15, 0.2) is 0 Å². The maximum atomic E-state index is 12.8. The summed E-state index contributed by atoms with van der Waals surface area (Å²) < 4.78 is 5.78. The summed E-state index contributed by atoms with van der Waals surface area (Å²) in [7, 11) is 0. The Labute approximate surface area is 186 Å². The van der Waals surface area contributed by atoms with Gasteiger partial charge in [0.05, 0.1) is 0 Å². The first-order chi connectivity index (χ1) is 15.1. The van der Waals surface area contributed by atoms with Crippen molar-refractivity contribution in [1.82, 2.24) is 4.90 Å². The van der Waals surface area contributed by atoms with Crippen LogP contribution in [-0.2, 0) is 14.3 Å². The normalized spacial score (nSPS) is 18.1. The predicted octanol–water partition coefficient (Wildman–Crippen LogP) is 4.98.